The number of benzene rings is 1. The number of carbonyl (C=O) groups is 1. The van der Waals surface area contributed by atoms with E-state index < -0.39 is 21.9 Å². The summed E-state index contributed by atoms with van der Waals surface area (Å²) in [5.41, 5.74) is 0.837. The minimum Gasteiger partial charge on any atom is -0.328 e. The molecule has 0 spiro atoms. The van der Waals surface area contributed by atoms with E-state index in [1.165, 1.54) is 22.5 Å². The van der Waals surface area contributed by atoms with Gasteiger partial charge in [-0.25, -0.2) is 17.8 Å². The Morgan fingerprint density at radius 1 is 1.31 bits per heavy atom. The molecule has 1 saturated heterocycles. The highest BCUT2D eigenvalue weighted by Gasteiger charge is 2.34. The standard InChI is InChI=1S/C19H21FN4O4S/c1-29(27,28)23-9-7-14-15(11-23)21-17(22-18(14)25)16-6-3-8-24(16)19(26)12-4-2-5-13(20)10-12/h2,4-5,10,16H,3,6-9,11H2,1H3,(H,21,22,25)/t16-/m1/s1. The van der Waals surface area contributed by atoms with E-state index in [1.807, 2.05) is 0 Å². The average molecular weight is 420 g/mol. The minimum atomic E-state index is -3.40. The second kappa shape index (κ2) is 7.34. The zero-order chi connectivity index (χ0) is 20.8. The van der Waals surface area contributed by atoms with Gasteiger partial charge in [-0.2, -0.15) is 4.31 Å². The summed E-state index contributed by atoms with van der Waals surface area (Å²) >= 11 is 0. The number of sulfonamides is 1. The van der Waals surface area contributed by atoms with Gasteiger partial charge in [-0.3, -0.25) is 9.59 Å². The molecule has 1 N–H and O–H groups in total. The molecule has 2 aliphatic rings. The Balaban J connectivity index is 1.67. The molecule has 8 nitrogen and oxygen atoms in total. The summed E-state index contributed by atoms with van der Waals surface area (Å²) in [6.45, 7) is 0.746. The van der Waals surface area contributed by atoms with E-state index >= 15 is 0 Å². The molecule has 1 amide bonds. The molecule has 0 saturated carbocycles. The van der Waals surface area contributed by atoms with Crippen molar-refractivity contribution in [2.45, 2.75) is 31.8 Å². The van der Waals surface area contributed by atoms with Crippen LogP contribution in [0.4, 0.5) is 4.39 Å². The molecule has 29 heavy (non-hydrogen) atoms. The number of aromatic amines is 1. The summed E-state index contributed by atoms with van der Waals surface area (Å²) in [6, 6.07) is 5.04. The maximum atomic E-state index is 13.5. The lowest BCUT2D eigenvalue weighted by Crippen LogP contribution is -2.40. The fraction of sp³-hybridized carbons (Fsp3) is 0.421. The molecule has 1 fully saturated rings. The molecule has 1 aromatic carbocycles. The number of carbonyl (C=O) groups excluding carboxylic acids is 1. The lowest BCUT2D eigenvalue weighted by molar-refractivity contribution is 0.0728. The third-order valence-electron chi connectivity index (χ3n) is 5.43. The zero-order valence-electron chi connectivity index (χ0n) is 15.9. The molecule has 3 heterocycles. The van der Waals surface area contributed by atoms with Crippen molar-refractivity contribution >= 4 is 15.9 Å². The first kappa shape index (κ1) is 19.7. The van der Waals surface area contributed by atoms with Crippen LogP contribution in [0.5, 0.6) is 0 Å². The van der Waals surface area contributed by atoms with Gasteiger partial charge >= 0.3 is 0 Å². The Labute approximate surface area is 167 Å². The molecule has 2 aromatic rings. The van der Waals surface area contributed by atoms with Crippen LogP contribution in [-0.4, -0.2) is 52.8 Å². The van der Waals surface area contributed by atoms with E-state index in [0.717, 1.165) is 12.7 Å². The molecular formula is C19H21FN4O4S. The number of nitrogens with one attached hydrogen (secondary N) is 1. The molecule has 0 radical (unpaired) electrons. The van der Waals surface area contributed by atoms with Crippen LogP contribution in [0.25, 0.3) is 0 Å². The van der Waals surface area contributed by atoms with Gasteiger partial charge in [-0.05, 0) is 37.5 Å². The Kier molecular flexibility index (Phi) is 4.99. The summed E-state index contributed by atoms with van der Waals surface area (Å²) in [4.78, 5) is 34.4. The van der Waals surface area contributed by atoms with E-state index in [2.05, 4.69) is 9.97 Å². The molecule has 154 valence electrons. The van der Waals surface area contributed by atoms with Crippen LogP contribution in [0.3, 0.4) is 0 Å². The van der Waals surface area contributed by atoms with Crippen molar-refractivity contribution in [1.82, 2.24) is 19.2 Å². The number of amides is 1. The van der Waals surface area contributed by atoms with Gasteiger partial charge in [-0.15, -0.1) is 0 Å². The predicted molar refractivity (Wildman–Crippen MR) is 103 cm³/mol. The summed E-state index contributed by atoms with van der Waals surface area (Å²) in [5, 5.41) is 0. The number of fused-ring (bicyclic) bond motifs is 1. The molecule has 10 heteroatoms. The number of likely N-dealkylation sites (tertiary alicyclic amines) is 1. The van der Waals surface area contributed by atoms with Crippen molar-refractivity contribution in [1.29, 1.82) is 0 Å². The molecule has 0 aliphatic carbocycles. The van der Waals surface area contributed by atoms with Gasteiger partial charge in [0.15, 0.2) is 0 Å². The summed E-state index contributed by atoms with van der Waals surface area (Å²) in [5.74, 6) is -0.482. The number of nitrogens with zero attached hydrogens (tertiary/aromatic N) is 3. The van der Waals surface area contributed by atoms with Crippen molar-refractivity contribution in [3.8, 4) is 0 Å². The molecule has 0 unspecified atom stereocenters. The Morgan fingerprint density at radius 3 is 2.83 bits per heavy atom. The second-order valence-electron chi connectivity index (χ2n) is 7.39. The topological polar surface area (TPSA) is 103 Å². The number of hydrogen-bond acceptors (Lipinski definition) is 5. The van der Waals surface area contributed by atoms with Crippen molar-refractivity contribution < 1.29 is 17.6 Å². The van der Waals surface area contributed by atoms with Crippen LogP contribution in [0.2, 0.25) is 0 Å². The van der Waals surface area contributed by atoms with Crippen LogP contribution < -0.4 is 5.56 Å². The van der Waals surface area contributed by atoms with Crippen LogP contribution in [0.1, 0.15) is 46.3 Å². The maximum Gasteiger partial charge on any atom is 0.254 e. The van der Waals surface area contributed by atoms with E-state index in [-0.39, 0.29) is 30.1 Å². The highest BCUT2D eigenvalue weighted by molar-refractivity contribution is 7.88. The van der Waals surface area contributed by atoms with E-state index in [0.29, 0.717) is 36.5 Å². The maximum absolute atomic E-state index is 13.5. The van der Waals surface area contributed by atoms with Crippen molar-refractivity contribution in [2.24, 2.45) is 0 Å². The van der Waals surface area contributed by atoms with Gasteiger partial charge in [0, 0.05) is 24.2 Å². The molecule has 2 aliphatic heterocycles. The monoisotopic (exact) mass is 420 g/mol. The number of halogens is 1. The van der Waals surface area contributed by atoms with Gasteiger partial charge in [0.1, 0.15) is 11.6 Å². The normalized spacial score (nSPS) is 19.9. The van der Waals surface area contributed by atoms with E-state index in [4.69, 9.17) is 0 Å². The number of H-pyrrole nitrogens is 1. The number of aromatic nitrogens is 2. The number of hydrogen-bond donors (Lipinski definition) is 1. The third kappa shape index (κ3) is 3.82. The Bertz CT molecular complexity index is 1130. The first-order chi connectivity index (χ1) is 13.7. The molecule has 1 atom stereocenters. The van der Waals surface area contributed by atoms with Crippen molar-refractivity contribution in [2.75, 3.05) is 19.3 Å². The predicted octanol–water partition coefficient (Wildman–Crippen LogP) is 1.20. The highest BCUT2D eigenvalue weighted by atomic mass is 32.2. The lowest BCUT2D eigenvalue weighted by Gasteiger charge is -2.28. The average Bonchev–Trinajstić information content (AvgIpc) is 3.16. The van der Waals surface area contributed by atoms with Crippen molar-refractivity contribution in [3.05, 3.63) is 63.1 Å². The first-order valence-corrected chi connectivity index (χ1v) is 11.2. The fourth-order valence-electron chi connectivity index (χ4n) is 3.96. The van der Waals surface area contributed by atoms with Crippen LogP contribution in [-0.2, 0) is 23.0 Å². The van der Waals surface area contributed by atoms with Crippen LogP contribution in [0, 0.1) is 5.82 Å². The van der Waals surface area contributed by atoms with Gasteiger partial charge in [0.05, 0.1) is 24.5 Å². The van der Waals surface area contributed by atoms with E-state index in [1.54, 1.807) is 11.0 Å². The Morgan fingerprint density at radius 2 is 2.10 bits per heavy atom. The summed E-state index contributed by atoms with van der Waals surface area (Å²) < 4.78 is 38.6. The van der Waals surface area contributed by atoms with Gasteiger partial charge in [0.25, 0.3) is 11.5 Å². The lowest BCUT2D eigenvalue weighted by atomic mass is 10.1. The molecular weight excluding hydrogens is 399 g/mol. The second-order valence-corrected chi connectivity index (χ2v) is 9.37. The van der Waals surface area contributed by atoms with Crippen LogP contribution in [0.15, 0.2) is 29.1 Å². The zero-order valence-corrected chi connectivity index (χ0v) is 16.7. The SMILES string of the molecule is CS(=O)(=O)N1CCc2c(nc([C@H]3CCCN3C(=O)c3cccc(F)c3)[nH]c2=O)C1. The molecule has 1 aromatic heterocycles. The van der Waals surface area contributed by atoms with Gasteiger partial charge in [0.2, 0.25) is 10.0 Å². The molecule has 0 bridgehead atoms. The number of rotatable bonds is 3. The van der Waals surface area contributed by atoms with E-state index in [9.17, 15) is 22.4 Å². The summed E-state index contributed by atoms with van der Waals surface area (Å²) in [6.07, 6.45) is 2.75. The third-order valence-corrected chi connectivity index (χ3v) is 6.68. The highest BCUT2D eigenvalue weighted by Crippen LogP contribution is 2.31. The van der Waals surface area contributed by atoms with Gasteiger partial charge < -0.3 is 9.88 Å². The smallest absolute Gasteiger partial charge is 0.254 e. The van der Waals surface area contributed by atoms with Crippen LogP contribution >= 0.6 is 0 Å². The fourth-order valence-corrected chi connectivity index (χ4v) is 4.74. The van der Waals surface area contributed by atoms with Gasteiger partial charge in [-0.1, -0.05) is 6.07 Å². The first-order valence-electron chi connectivity index (χ1n) is 9.37. The Hall–Kier alpha value is -2.59. The largest absolute Gasteiger partial charge is 0.328 e. The summed E-state index contributed by atoms with van der Waals surface area (Å²) in [7, 11) is -3.40. The quantitative estimate of drug-likeness (QED) is 0.804. The molecule has 4 rings (SSSR count). The minimum absolute atomic E-state index is 0.0374. The van der Waals surface area contributed by atoms with Crippen molar-refractivity contribution in [3.63, 3.8) is 0 Å².